The van der Waals surface area contributed by atoms with E-state index in [2.05, 4.69) is 20.8 Å². The summed E-state index contributed by atoms with van der Waals surface area (Å²) in [6, 6.07) is 0. The van der Waals surface area contributed by atoms with Gasteiger partial charge < -0.3 is 5.11 Å². The molecule has 2 atom stereocenters. The highest BCUT2D eigenvalue weighted by molar-refractivity contribution is 5.66. The Balaban J connectivity index is 3.17. The van der Waals surface area contributed by atoms with Crippen LogP contribution < -0.4 is 0 Å². The van der Waals surface area contributed by atoms with E-state index in [0.717, 1.165) is 24.7 Å². The number of hydrogen-bond donors (Lipinski definition) is 1. The predicted octanol–water partition coefficient (Wildman–Crippen LogP) is 5.65. The molecule has 2 nitrogen and oxygen atoms in total. The van der Waals surface area contributed by atoms with E-state index in [1.807, 2.05) is 0 Å². The Morgan fingerprint density at radius 3 is 1.79 bits per heavy atom. The molecule has 0 aromatic rings. The van der Waals surface area contributed by atoms with Gasteiger partial charge in [-0.2, -0.15) is 0 Å². The van der Waals surface area contributed by atoms with Crippen LogP contribution in [0.15, 0.2) is 0 Å². The van der Waals surface area contributed by atoms with Crippen molar-refractivity contribution in [3.8, 4) is 0 Å². The molecule has 0 spiro atoms. The standard InChI is InChI=1S/C17H34O2/c1-4-15(2)16(3)13-11-9-7-5-6-8-10-12-14-17(18)19/h15-16H,4-14H2,1-3H3,(H,18,19). The number of unbranched alkanes of at least 4 members (excludes halogenated alkanes) is 7. The van der Waals surface area contributed by atoms with Crippen molar-refractivity contribution in [1.29, 1.82) is 0 Å². The van der Waals surface area contributed by atoms with Crippen LogP contribution in [0.3, 0.4) is 0 Å². The lowest BCUT2D eigenvalue weighted by Gasteiger charge is -2.17. The van der Waals surface area contributed by atoms with Crippen LogP contribution in [0.25, 0.3) is 0 Å². The van der Waals surface area contributed by atoms with Gasteiger partial charge in [0.15, 0.2) is 0 Å². The van der Waals surface area contributed by atoms with Crippen LogP contribution in [0.4, 0.5) is 0 Å². The van der Waals surface area contributed by atoms with E-state index in [0.29, 0.717) is 6.42 Å². The molecule has 0 aromatic heterocycles. The largest absolute Gasteiger partial charge is 0.481 e. The highest BCUT2D eigenvalue weighted by Gasteiger charge is 2.08. The van der Waals surface area contributed by atoms with Gasteiger partial charge in [-0.3, -0.25) is 4.79 Å². The molecular weight excluding hydrogens is 236 g/mol. The molecule has 0 aliphatic rings. The molecule has 0 saturated heterocycles. The first-order valence-electron chi connectivity index (χ1n) is 8.29. The van der Waals surface area contributed by atoms with E-state index < -0.39 is 5.97 Å². The first kappa shape index (κ1) is 18.5. The van der Waals surface area contributed by atoms with Crippen molar-refractivity contribution in [2.45, 2.75) is 91.4 Å². The number of carbonyl (C=O) groups is 1. The molecular formula is C17H34O2. The highest BCUT2D eigenvalue weighted by atomic mass is 16.4. The monoisotopic (exact) mass is 270 g/mol. The topological polar surface area (TPSA) is 37.3 Å². The quantitative estimate of drug-likeness (QED) is 0.439. The summed E-state index contributed by atoms with van der Waals surface area (Å²) in [5, 5.41) is 8.51. The van der Waals surface area contributed by atoms with Crippen LogP contribution in [0.5, 0.6) is 0 Å². The van der Waals surface area contributed by atoms with Crippen LogP contribution in [-0.4, -0.2) is 11.1 Å². The normalized spacial score (nSPS) is 14.3. The fraction of sp³-hybridized carbons (Fsp3) is 0.941. The SMILES string of the molecule is CCC(C)C(C)CCCCCCCCCCC(=O)O. The zero-order chi connectivity index (χ0) is 14.5. The van der Waals surface area contributed by atoms with Gasteiger partial charge in [0.05, 0.1) is 0 Å². The van der Waals surface area contributed by atoms with Crippen molar-refractivity contribution >= 4 is 5.97 Å². The third-order valence-corrected chi connectivity index (χ3v) is 4.42. The Labute approximate surface area is 120 Å². The van der Waals surface area contributed by atoms with E-state index in [4.69, 9.17) is 5.11 Å². The van der Waals surface area contributed by atoms with Gasteiger partial charge in [-0.1, -0.05) is 78.6 Å². The van der Waals surface area contributed by atoms with Crippen molar-refractivity contribution in [1.82, 2.24) is 0 Å². The number of carboxylic acid groups (broad SMARTS) is 1. The maximum Gasteiger partial charge on any atom is 0.303 e. The average Bonchev–Trinajstić information content (AvgIpc) is 2.39. The highest BCUT2D eigenvalue weighted by Crippen LogP contribution is 2.21. The smallest absolute Gasteiger partial charge is 0.303 e. The van der Waals surface area contributed by atoms with Gasteiger partial charge in [-0.25, -0.2) is 0 Å². The number of aliphatic carboxylic acids is 1. The molecule has 0 saturated carbocycles. The van der Waals surface area contributed by atoms with Crippen molar-refractivity contribution in [3.63, 3.8) is 0 Å². The minimum atomic E-state index is -0.657. The third-order valence-electron chi connectivity index (χ3n) is 4.42. The summed E-state index contributed by atoms with van der Waals surface area (Å²) < 4.78 is 0. The maximum atomic E-state index is 10.3. The lowest BCUT2D eigenvalue weighted by molar-refractivity contribution is -0.137. The predicted molar refractivity (Wildman–Crippen MR) is 82.4 cm³/mol. The molecule has 0 aliphatic heterocycles. The molecule has 0 aromatic carbocycles. The molecule has 0 rings (SSSR count). The van der Waals surface area contributed by atoms with Crippen LogP contribution >= 0.6 is 0 Å². The van der Waals surface area contributed by atoms with Crippen molar-refractivity contribution in [3.05, 3.63) is 0 Å². The molecule has 1 N–H and O–H groups in total. The molecule has 0 amide bonds. The minimum Gasteiger partial charge on any atom is -0.481 e. The number of hydrogen-bond acceptors (Lipinski definition) is 1. The summed E-state index contributed by atoms with van der Waals surface area (Å²) in [6.07, 6.45) is 12.9. The van der Waals surface area contributed by atoms with Gasteiger partial charge in [0, 0.05) is 6.42 Å². The first-order chi connectivity index (χ1) is 9.07. The van der Waals surface area contributed by atoms with Crippen molar-refractivity contribution < 1.29 is 9.90 Å². The molecule has 0 fully saturated rings. The van der Waals surface area contributed by atoms with Gasteiger partial charge >= 0.3 is 5.97 Å². The van der Waals surface area contributed by atoms with Crippen LogP contribution in [-0.2, 0) is 4.79 Å². The van der Waals surface area contributed by atoms with E-state index in [1.54, 1.807) is 0 Å². The number of rotatable bonds is 13. The summed E-state index contributed by atoms with van der Waals surface area (Å²) >= 11 is 0. The Kier molecular flexibility index (Phi) is 12.2. The molecule has 114 valence electrons. The summed E-state index contributed by atoms with van der Waals surface area (Å²) in [7, 11) is 0. The van der Waals surface area contributed by atoms with Gasteiger partial charge in [0.2, 0.25) is 0 Å². The van der Waals surface area contributed by atoms with E-state index >= 15 is 0 Å². The lowest BCUT2D eigenvalue weighted by atomic mass is 9.89. The Bertz CT molecular complexity index is 213. The molecule has 2 heteroatoms. The van der Waals surface area contributed by atoms with Gasteiger partial charge in [0.25, 0.3) is 0 Å². The molecule has 19 heavy (non-hydrogen) atoms. The fourth-order valence-corrected chi connectivity index (χ4v) is 2.49. The van der Waals surface area contributed by atoms with Gasteiger partial charge in [-0.15, -0.1) is 0 Å². The van der Waals surface area contributed by atoms with Gasteiger partial charge in [-0.05, 0) is 18.3 Å². The summed E-state index contributed by atoms with van der Waals surface area (Å²) in [5.74, 6) is 1.09. The van der Waals surface area contributed by atoms with Crippen LogP contribution in [0.1, 0.15) is 91.4 Å². The van der Waals surface area contributed by atoms with E-state index in [1.165, 1.54) is 51.4 Å². The van der Waals surface area contributed by atoms with E-state index in [-0.39, 0.29) is 0 Å². The Morgan fingerprint density at radius 1 is 0.842 bits per heavy atom. The molecule has 0 aliphatic carbocycles. The molecule has 0 heterocycles. The Hall–Kier alpha value is -0.530. The fourth-order valence-electron chi connectivity index (χ4n) is 2.49. The Morgan fingerprint density at radius 2 is 1.32 bits per heavy atom. The molecule has 2 unspecified atom stereocenters. The average molecular weight is 270 g/mol. The zero-order valence-corrected chi connectivity index (χ0v) is 13.3. The first-order valence-corrected chi connectivity index (χ1v) is 8.29. The second kappa shape index (κ2) is 12.5. The molecule has 0 radical (unpaired) electrons. The van der Waals surface area contributed by atoms with Crippen LogP contribution in [0, 0.1) is 11.8 Å². The van der Waals surface area contributed by atoms with Gasteiger partial charge in [0.1, 0.15) is 0 Å². The van der Waals surface area contributed by atoms with Crippen molar-refractivity contribution in [2.75, 3.05) is 0 Å². The summed E-state index contributed by atoms with van der Waals surface area (Å²) in [6.45, 7) is 7.03. The summed E-state index contributed by atoms with van der Waals surface area (Å²) in [5.41, 5.74) is 0. The summed E-state index contributed by atoms with van der Waals surface area (Å²) in [4.78, 5) is 10.3. The zero-order valence-electron chi connectivity index (χ0n) is 13.3. The maximum absolute atomic E-state index is 10.3. The second-order valence-corrected chi connectivity index (χ2v) is 6.12. The number of carboxylic acids is 1. The third kappa shape index (κ3) is 12.3. The van der Waals surface area contributed by atoms with E-state index in [9.17, 15) is 4.79 Å². The molecule has 0 bridgehead atoms. The minimum absolute atomic E-state index is 0.341. The van der Waals surface area contributed by atoms with Crippen LogP contribution in [0.2, 0.25) is 0 Å². The van der Waals surface area contributed by atoms with Crippen molar-refractivity contribution in [2.24, 2.45) is 11.8 Å². The second-order valence-electron chi connectivity index (χ2n) is 6.12. The lowest BCUT2D eigenvalue weighted by Crippen LogP contribution is -2.06.